The maximum absolute atomic E-state index is 14.8. The minimum atomic E-state index is -3.85. The van der Waals surface area contributed by atoms with Crippen LogP contribution in [0.3, 0.4) is 0 Å². The molecule has 2 aromatic carbocycles. The summed E-state index contributed by atoms with van der Waals surface area (Å²) in [5.41, 5.74) is 7.77. The first-order valence-electron chi connectivity index (χ1n) is 20.6. The molecule has 1 aliphatic carbocycles. The second kappa shape index (κ2) is 15.7. The lowest BCUT2D eigenvalue weighted by Crippen LogP contribution is -2.56. The molecule has 2 atom stereocenters. The summed E-state index contributed by atoms with van der Waals surface area (Å²) in [7, 11) is -0.0585. The van der Waals surface area contributed by atoms with Gasteiger partial charge in [0, 0.05) is 60.4 Å². The van der Waals surface area contributed by atoms with Crippen LogP contribution < -0.4 is 9.46 Å². The van der Waals surface area contributed by atoms with Crippen molar-refractivity contribution in [1.82, 2.24) is 28.9 Å². The first-order chi connectivity index (χ1) is 27.4. The lowest BCUT2D eigenvalue weighted by atomic mass is 9.81. The summed E-state index contributed by atoms with van der Waals surface area (Å²) < 4.78 is 43.9. The third-order valence-corrected chi connectivity index (χ3v) is 14.6. The Morgan fingerprint density at radius 3 is 2.35 bits per heavy atom. The largest absolute Gasteiger partial charge is 0.497 e. The van der Waals surface area contributed by atoms with E-state index in [1.165, 1.54) is 12.0 Å². The van der Waals surface area contributed by atoms with Crippen LogP contribution in [0.2, 0.25) is 0 Å². The van der Waals surface area contributed by atoms with Gasteiger partial charge in [-0.3, -0.25) is 19.2 Å². The Hall–Kier alpha value is -4.46. The van der Waals surface area contributed by atoms with Gasteiger partial charge in [-0.05, 0) is 119 Å². The van der Waals surface area contributed by atoms with Crippen LogP contribution in [-0.2, 0) is 21.3 Å². The average Bonchev–Trinajstić information content (AvgIpc) is 3.74. The average molecular weight is 797 g/mol. The quantitative estimate of drug-likeness (QED) is 0.200. The number of nitrogens with zero attached hydrogens (tertiary/aromatic N) is 5. The summed E-state index contributed by atoms with van der Waals surface area (Å²) >= 11 is 0. The second-order valence-corrected chi connectivity index (χ2v) is 19.1. The minimum Gasteiger partial charge on any atom is -0.497 e. The zero-order chi connectivity index (χ0) is 40.2. The summed E-state index contributed by atoms with van der Waals surface area (Å²) in [6.07, 6.45) is 11.1. The molecule has 5 heterocycles. The fourth-order valence-corrected chi connectivity index (χ4v) is 10.0. The van der Waals surface area contributed by atoms with Crippen LogP contribution in [0.4, 0.5) is 0 Å². The lowest BCUT2D eigenvalue weighted by molar-refractivity contribution is 0.0413. The van der Waals surface area contributed by atoms with E-state index in [0.29, 0.717) is 44.3 Å². The summed E-state index contributed by atoms with van der Waals surface area (Å²) in [4.78, 5) is 32.8. The van der Waals surface area contributed by atoms with E-state index in [4.69, 9.17) is 14.6 Å². The van der Waals surface area contributed by atoms with E-state index in [2.05, 4.69) is 58.0 Å². The first-order valence-corrected chi connectivity index (χ1v) is 22.2. The topological polar surface area (TPSA) is 128 Å². The van der Waals surface area contributed by atoms with Crippen molar-refractivity contribution in [2.45, 2.75) is 108 Å². The van der Waals surface area contributed by atoms with Gasteiger partial charge in [-0.1, -0.05) is 25.3 Å². The van der Waals surface area contributed by atoms with E-state index < -0.39 is 21.2 Å². The fourth-order valence-electron chi connectivity index (χ4n) is 9.42. The zero-order valence-electron chi connectivity index (χ0n) is 34.1. The third kappa shape index (κ3) is 7.31. The van der Waals surface area contributed by atoms with Crippen LogP contribution in [0.25, 0.3) is 33.8 Å². The summed E-state index contributed by atoms with van der Waals surface area (Å²) in [5, 5.41) is 5.30. The molecule has 2 aromatic heterocycles. The number of ether oxygens (including phenoxy) is 2. The van der Waals surface area contributed by atoms with Gasteiger partial charge in [-0.2, -0.15) is 5.10 Å². The maximum Gasteiger partial charge on any atom is 0.264 e. The number of likely N-dealkylation sites (N-methyl/N-ethyl adjacent to an activating group) is 1. The summed E-state index contributed by atoms with van der Waals surface area (Å²) in [5.74, 6) is 0.349. The van der Waals surface area contributed by atoms with E-state index in [9.17, 15) is 18.0 Å². The first kappa shape index (κ1) is 39.4. The van der Waals surface area contributed by atoms with Crippen LogP contribution in [0.15, 0.2) is 42.6 Å². The van der Waals surface area contributed by atoms with Gasteiger partial charge >= 0.3 is 0 Å². The van der Waals surface area contributed by atoms with Crippen molar-refractivity contribution >= 4 is 44.4 Å². The molecule has 8 rings (SSSR count). The smallest absolute Gasteiger partial charge is 0.264 e. The molecule has 304 valence electrons. The predicted molar refractivity (Wildman–Crippen MR) is 223 cm³/mol. The van der Waals surface area contributed by atoms with E-state index in [1.54, 1.807) is 33.2 Å². The van der Waals surface area contributed by atoms with Gasteiger partial charge in [0.1, 0.15) is 5.75 Å². The number of piperazine rings is 1. The molecule has 2 saturated heterocycles. The lowest BCUT2D eigenvalue weighted by Gasteiger charge is -2.42. The van der Waals surface area contributed by atoms with Crippen LogP contribution in [-0.4, -0.2) is 102 Å². The Kier molecular flexibility index (Phi) is 10.9. The molecule has 1 saturated carbocycles. The van der Waals surface area contributed by atoms with Crippen molar-refractivity contribution < 1.29 is 27.5 Å². The Morgan fingerprint density at radius 2 is 1.67 bits per heavy atom. The molecular weight excluding hydrogens is 741 g/mol. The Labute approximate surface area is 336 Å². The SMILES string of the molecule is COc1ccc2c(c1)C=C(c1c(C(=O)N3C[C@@H](C)N(C)[C@@H](C)C3)cnn1C1CCOCC1)Cn1c-2c(C2CCCCC2)c2ccc(C(=O)NS(=O)(=O)C(C)C)cc21. The van der Waals surface area contributed by atoms with Crippen LogP contribution in [0.1, 0.15) is 122 Å². The molecule has 3 aliphatic heterocycles. The molecule has 2 amide bonds. The fraction of sp³-hybridized carbons (Fsp3) is 0.523. The van der Waals surface area contributed by atoms with E-state index in [-0.39, 0.29) is 29.6 Å². The minimum absolute atomic E-state index is 0.0306. The number of fused-ring (bicyclic) bond motifs is 5. The van der Waals surface area contributed by atoms with Gasteiger partial charge in [-0.25, -0.2) is 13.1 Å². The number of amides is 2. The van der Waals surface area contributed by atoms with E-state index >= 15 is 0 Å². The Bertz CT molecular complexity index is 2320. The molecule has 0 unspecified atom stereocenters. The molecule has 12 nitrogen and oxygen atoms in total. The zero-order valence-corrected chi connectivity index (χ0v) is 34.9. The van der Waals surface area contributed by atoms with Crippen LogP contribution in [0.5, 0.6) is 5.75 Å². The molecule has 57 heavy (non-hydrogen) atoms. The van der Waals surface area contributed by atoms with Crippen molar-refractivity contribution in [3.63, 3.8) is 0 Å². The molecule has 0 radical (unpaired) electrons. The highest BCUT2D eigenvalue weighted by molar-refractivity contribution is 7.90. The summed E-state index contributed by atoms with van der Waals surface area (Å²) in [6, 6.07) is 12.3. The molecule has 0 bridgehead atoms. The van der Waals surface area contributed by atoms with Crippen molar-refractivity contribution in [3.05, 3.63) is 70.5 Å². The number of sulfonamides is 1. The Balaban J connectivity index is 1.35. The van der Waals surface area contributed by atoms with Crippen LogP contribution >= 0.6 is 0 Å². The molecule has 4 aromatic rings. The number of nitrogens with one attached hydrogen (secondary N) is 1. The number of rotatable bonds is 8. The normalized spacial score (nSPS) is 21.2. The van der Waals surface area contributed by atoms with Crippen LogP contribution in [0, 0.1) is 0 Å². The molecule has 0 spiro atoms. The number of benzene rings is 2. The highest BCUT2D eigenvalue weighted by Crippen LogP contribution is 2.48. The molecule has 3 fully saturated rings. The number of hydrogen-bond donors (Lipinski definition) is 1. The van der Waals surface area contributed by atoms with Gasteiger partial charge in [-0.15, -0.1) is 0 Å². The molecular formula is C44H56N6O6S. The maximum atomic E-state index is 14.8. The number of hydrogen-bond acceptors (Lipinski definition) is 8. The number of aromatic nitrogens is 3. The highest BCUT2D eigenvalue weighted by Gasteiger charge is 2.36. The van der Waals surface area contributed by atoms with Gasteiger partial charge < -0.3 is 18.9 Å². The van der Waals surface area contributed by atoms with Crippen molar-refractivity contribution in [2.75, 3.05) is 40.5 Å². The van der Waals surface area contributed by atoms with Crippen molar-refractivity contribution in [1.29, 1.82) is 0 Å². The number of methoxy groups -OCH3 is 1. The van der Waals surface area contributed by atoms with Gasteiger partial charge in [0.2, 0.25) is 10.0 Å². The standard InChI is InChI=1S/C44H56N6O6S/c1-27(2)57(53,54)46-43(51)31-12-14-37-39(22-31)49-26-33(20-32-21-35(55-6)13-15-36(32)42(49)40(37)30-10-8-7-9-11-30)41-38(23-45-50(41)34-16-18-56-19-17-34)44(52)48-24-28(3)47(5)29(4)25-48/h12-15,20-23,27-30,34H,7-11,16-19,24-26H2,1-6H3,(H,46,51)/t28-,29+. The van der Waals surface area contributed by atoms with Gasteiger partial charge in [0.25, 0.3) is 11.8 Å². The molecule has 13 heteroatoms. The number of carbonyl (C=O) groups is 2. The second-order valence-electron chi connectivity index (χ2n) is 16.8. The number of carbonyl (C=O) groups excluding carboxylic acids is 2. The third-order valence-electron chi connectivity index (χ3n) is 12.9. The van der Waals surface area contributed by atoms with Crippen molar-refractivity contribution in [3.8, 4) is 17.0 Å². The summed E-state index contributed by atoms with van der Waals surface area (Å²) in [6.45, 7) is 10.3. The van der Waals surface area contributed by atoms with E-state index in [0.717, 1.165) is 83.3 Å². The molecule has 1 N–H and O–H groups in total. The Morgan fingerprint density at radius 1 is 0.947 bits per heavy atom. The van der Waals surface area contributed by atoms with Crippen molar-refractivity contribution in [2.24, 2.45) is 0 Å². The van der Waals surface area contributed by atoms with Gasteiger partial charge in [0.15, 0.2) is 0 Å². The predicted octanol–water partition coefficient (Wildman–Crippen LogP) is 7.10. The van der Waals surface area contributed by atoms with E-state index in [1.807, 2.05) is 23.1 Å². The van der Waals surface area contributed by atoms with Gasteiger partial charge in [0.05, 0.1) is 48.1 Å². The monoisotopic (exact) mass is 796 g/mol. The number of allylic oxidation sites excluding steroid dienone is 1. The molecule has 4 aliphatic rings. The highest BCUT2D eigenvalue weighted by atomic mass is 32.2.